The molecule has 0 N–H and O–H groups in total. The van der Waals surface area contributed by atoms with E-state index in [9.17, 15) is 0 Å². The third-order valence-electron chi connectivity index (χ3n) is 1.11. The number of hydrogen-bond donors (Lipinski definition) is 1. The predicted molar refractivity (Wildman–Crippen MR) is 78.6 cm³/mol. The first-order valence-corrected chi connectivity index (χ1v) is 12.2. The topological polar surface area (TPSA) is 21.7 Å². The van der Waals surface area contributed by atoms with Crippen LogP contribution in [0.2, 0.25) is 0 Å². The van der Waals surface area contributed by atoms with E-state index in [4.69, 9.17) is 31.2 Å². The van der Waals surface area contributed by atoms with Crippen LogP contribution < -0.4 is 71.5 Å². The summed E-state index contributed by atoms with van der Waals surface area (Å²) in [6, 6.07) is 0. The van der Waals surface area contributed by atoms with Gasteiger partial charge in [-0.25, -0.2) is 4.28 Å². The molecule has 0 fully saturated rings. The molecule has 3 nitrogen and oxygen atoms in total. The van der Waals surface area contributed by atoms with E-state index in [1.807, 2.05) is 0 Å². The van der Waals surface area contributed by atoms with Crippen molar-refractivity contribution < 1.29 is 96.8 Å². The number of halogens is 5. The summed E-state index contributed by atoms with van der Waals surface area (Å²) in [6.07, 6.45) is 3.28. The van der Waals surface area contributed by atoms with Crippen molar-refractivity contribution in [3.8, 4) is 0 Å². The zero-order chi connectivity index (χ0) is 10.5. The molecule has 0 aromatic heterocycles. The first-order chi connectivity index (χ1) is 6.26. The maximum atomic E-state index is 5.00. The third kappa shape index (κ3) is 51.7. The number of thiol groups is 1. The van der Waals surface area contributed by atoms with E-state index in [1.54, 1.807) is 0 Å². The van der Waals surface area contributed by atoms with Crippen LogP contribution in [0.25, 0.3) is 0 Å². The first-order valence-electron chi connectivity index (χ1n) is 3.76. The van der Waals surface area contributed by atoms with Gasteiger partial charge in [-0.15, -0.1) is 12.4 Å². The second-order valence-electron chi connectivity index (χ2n) is 2.02. The van der Waals surface area contributed by atoms with Crippen LogP contribution in [-0.2, 0) is 23.8 Å². The molecule has 0 rings (SSSR count). The van der Waals surface area contributed by atoms with Gasteiger partial charge in [0.15, 0.2) is 0 Å². The van der Waals surface area contributed by atoms with Crippen molar-refractivity contribution in [2.75, 3.05) is 6.54 Å². The molecule has 0 atom stereocenters. The van der Waals surface area contributed by atoms with Gasteiger partial charge in [-0.3, -0.25) is 0 Å². The van der Waals surface area contributed by atoms with Gasteiger partial charge in [-0.05, 0) is 11.6 Å². The van der Waals surface area contributed by atoms with Gasteiger partial charge in [0.05, 0.1) is 18.4 Å². The first kappa shape index (κ1) is 49.6. The van der Waals surface area contributed by atoms with Gasteiger partial charge < -0.3 is 13.8 Å². The Bertz CT molecular complexity index is 118. The van der Waals surface area contributed by atoms with Crippen molar-refractivity contribution in [1.29, 1.82) is 0 Å². The minimum atomic E-state index is -0.931. The molecular weight excluding hydrogens is 566 g/mol. The molecule has 0 amide bonds. The summed E-state index contributed by atoms with van der Waals surface area (Å²) in [5, 5.41) is 1.11. The Morgan fingerprint density at radius 1 is 1.26 bits per heavy atom. The predicted octanol–water partition coefficient (Wildman–Crippen LogP) is -5.02. The fraction of sp³-hybridized carbons (Fsp3) is 1.00. The second-order valence-corrected chi connectivity index (χ2v) is 6.94. The van der Waals surface area contributed by atoms with Crippen molar-refractivity contribution in [1.82, 2.24) is 5.23 Å². The Balaban J connectivity index is -0.0000000160. The second kappa shape index (κ2) is 49.5. The molecule has 0 aliphatic heterocycles. The molecular formula is C6H20Cl5NNa2O2STeZn. The molecule has 0 aromatic carbocycles. The van der Waals surface area contributed by atoms with E-state index in [0.29, 0.717) is 6.54 Å². The van der Waals surface area contributed by atoms with Crippen LogP contribution in [0.15, 0.2) is 0 Å². The minimum absolute atomic E-state index is 0. The number of hydrogen-bond acceptors (Lipinski definition) is 4. The van der Waals surface area contributed by atoms with Crippen LogP contribution in [0.3, 0.4) is 0 Å². The summed E-state index contributed by atoms with van der Waals surface area (Å²) < 4.78 is 8.67. The Morgan fingerprint density at radius 3 is 1.84 bits per heavy atom. The van der Waals surface area contributed by atoms with E-state index < -0.39 is 15.1 Å². The van der Waals surface area contributed by atoms with Gasteiger partial charge in [0.1, 0.15) is 0 Å². The molecule has 13 heteroatoms. The van der Waals surface area contributed by atoms with Crippen molar-refractivity contribution in [3.63, 3.8) is 0 Å². The fourth-order valence-electron chi connectivity index (χ4n) is 0.579. The Labute approximate surface area is 218 Å². The zero-order valence-electron chi connectivity index (χ0n) is 11.7. The molecule has 0 saturated heterocycles. The summed E-state index contributed by atoms with van der Waals surface area (Å²) in [5.74, 6) is 0. The summed E-state index contributed by atoms with van der Waals surface area (Å²) in [4.78, 5) is 0. The van der Waals surface area contributed by atoms with Gasteiger partial charge >= 0.3 is 117 Å². The normalized spacial score (nSPS) is 6.21. The molecule has 0 aromatic rings. The van der Waals surface area contributed by atoms with Crippen LogP contribution in [0.4, 0.5) is 0 Å². The molecule has 0 aliphatic carbocycles. The fourth-order valence-corrected chi connectivity index (χ4v) is 0.830. The van der Waals surface area contributed by atoms with Gasteiger partial charge in [0.2, 0.25) is 0 Å². The molecule has 0 bridgehead atoms. The summed E-state index contributed by atoms with van der Waals surface area (Å²) in [6.45, 7) is 2.76. The van der Waals surface area contributed by atoms with Crippen molar-refractivity contribution in [2.45, 2.75) is 33.6 Å². The standard InChI is InChI=1S/C5H12ClNO2S.CH4.4ClH.2Na.H2Te.Zn.H/c1-2-3-4-5-7(8-6)9-10;;;;;;;;;;/h10H,2-5H2,1H3;1H4;4*1H;;;1H2;;/q;;;;;;2*+1;;+2;-1/p-3. The van der Waals surface area contributed by atoms with E-state index >= 15 is 0 Å². The van der Waals surface area contributed by atoms with Crippen molar-refractivity contribution in [2.24, 2.45) is 0 Å². The number of unbranched alkanes of at least 4 members (excludes halogenated alkanes) is 2. The van der Waals surface area contributed by atoms with Crippen molar-refractivity contribution >= 4 is 80.2 Å². The van der Waals surface area contributed by atoms with E-state index in [-0.39, 0.29) is 116 Å². The van der Waals surface area contributed by atoms with Gasteiger partial charge in [0.25, 0.3) is 0 Å². The molecule has 0 radical (unpaired) electrons. The Kier molecular flexibility index (Phi) is 129. The summed E-state index contributed by atoms with van der Waals surface area (Å²) in [7, 11) is 9.90. The third-order valence-corrected chi connectivity index (χ3v) is 1.45. The molecule has 0 aliphatic rings. The Morgan fingerprint density at radius 2 is 1.63 bits per heavy atom. The van der Waals surface area contributed by atoms with Crippen LogP contribution in [0.5, 0.6) is 0 Å². The number of nitrogens with zero attached hydrogens (tertiary/aromatic N) is 1. The molecule has 0 unspecified atom stereocenters. The molecule has 112 valence electrons. The van der Waals surface area contributed by atoms with Crippen LogP contribution >= 0.6 is 56.6 Å². The van der Waals surface area contributed by atoms with E-state index in [1.165, 1.54) is 0 Å². The Hall–Kier alpha value is 5.09. The quantitative estimate of drug-likeness (QED) is 0.111. The molecule has 0 saturated carbocycles. The van der Waals surface area contributed by atoms with E-state index in [0.717, 1.165) is 24.5 Å². The van der Waals surface area contributed by atoms with Crippen molar-refractivity contribution in [3.05, 3.63) is 0 Å². The molecule has 19 heavy (non-hydrogen) atoms. The number of rotatable bonds is 6. The van der Waals surface area contributed by atoms with E-state index in [2.05, 4.69) is 28.5 Å². The monoisotopic (exact) mass is 585 g/mol. The van der Waals surface area contributed by atoms with Gasteiger partial charge in [-0.1, -0.05) is 27.2 Å². The SMILES string of the molecule is C.CCCCCN(OS)OCl.Cl.[Cl-].[Cl][Zn][Cl].[H-].[Na+].[Na+].[TeH2]. The average Bonchev–Trinajstić information content (AvgIpc) is 2.14. The maximum absolute atomic E-state index is 5.00. The van der Waals surface area contributed by atoms with Crippen LogP contribution in [0, 0.1) is 0 Å². The zero-order valence-corrected chi connectivity index (χ0v) is 25.2. The summed E-state index contributed by atoms with van der Waals surface area (Å²) in [5.41, 5.74) is 0. The van der Waals surface area contributed by atoms with Gasteiger partial charge in [-0.2, -0.15) is 4.39 Å². The van der Waals surface area contributed by atoms with Crippen LogP contribution in [-0.4, -0.2) is 35.4 Å². The molecule has 0 heterocycles. The van der Waals surface area contributed by atoms with Gasteiger partial charge in [0, 0.05) is 12.9 Å². The molecule has 0 spiro atoms. The summed E-state index contributed by atoms with van der Waals surface area (Å²) >= 11 is 7.58. The number of hydroxylamine groups is 2. The average molecular weight is 587 g/mol. The van der Waals surface area contributed by atoms with Crippen LogP contribution in [0.1, 0.15) is 35.0 Å².